The molecule has 1 aromatic heterocycles. The summed E-state index contributed by atoms with van der Waals surface area (Å²) < 4.78 is 14.7. The van der Waals surface area contributed by atoms with E-state index in [1.165, 1.54) is 11.3 Å². The van der Waals surface area contributed by atoms with Crippen LogP contribution in [0.4, 0.5) is 21.5 Å². The molecule has 2 saturated heterocycles. The van der Waals surface area contributed by atoms with Gasteiger partial charge in [-0.05, 0) is 36.3 Å². The molecule has 2 aliphatic heterocycles. The molecule has 0 radical (unpaired) electrons. The number of thiophene rings is 1. The van der Waals surface area contributed by atoms with Gasteiger partial charge in [-0.25, -0.2) is 4.39 Å². The lowest BCUT2D eigenvalue weighted by molar-refractivity contribution is -0.384. The van der Waals surface area contributed by atoms with Gasteiger partial charge in [0.2, 0.25) is 0 Å². The zero-order valence-corrected chi connectivity index (χ0v) is 17.7. The first-order valence-corrected chi connectivity index (χ1v) is 11.1. The van der Waals surface area contributed by atoms with Crippen LogP contribution in [0, 0.1) is 21.8 Å². The van der Waals surface area contributed by atoms with Crippen molar-refractivity contribution in [3.63, 3.8) is 0 Å². The first-order chi connectivity index (χ1) is 14.4. The molecular weight excluding hydrogens is 407 g/mol. The molecule has 0 bridgehead atoms. The van der Waals surface area contributed by atoms with Crippen LogP contribution >= 0.6 is 11.3 Å². The van der Waals surface area contributed by atoms with E-state index in [0.29, 0.717) is 48.3 Å². The zero-order chi connectivity index (χ0) is 21.3. The standard InChI is InChI=1S/C21H25FN4O3S/c1-15-4-6-23(7-5-15)17-14-18(19(26(28)29)13-16(17)22)24-8-10-25(11-9-24)21(27)20-3-2-12-30-20/h2-3,12-15H,4-11H2,1H3. The van der Waals surface area contributed by atoms with Crippen LogP contribution in [-0.2, 0) is 0 Å². The number of hydrogen-bond acceptors (Lipinski definition) is 6. The maximum Gasteiger partial charge on any atom is 0.295 e. The Morgan fingerprint density at radius 1 is 1.10 bits per heavy atom. The molecule has 4 rings (SSSR count). The Balaban J connectivity index is 1.55. The minimum absolute atomic E-state index is 0.0126. The summed E-state index contributed by atoms with van der Waals surface area (Å²) in [6, 6.07) is 6.32. The second-order valence-electron chi connectivity index (χ2n) is 7.98. The number of amides is 1. The first kappa shape index (κ1) is 20.6. The van der Waals surface area contributed by atoms with Gasteiger partial charge in [0, 0.05) is 39.3 Å². The van der Waals surface area contributed by atoms with E-state index in [1.54, 1.807) is 17.0 Å². The summed E-state index contributed by atoms with van der Waals surface area (Å²) in [5.74, 6) is 0.0451. The average molecular weight is 433 g/mol. The molecule has 9 heteroatoms. The van der Waals surface area contributed by atoms with Crippen LogP contribution in [0.1, 0.15) is 29.4 Å². The number of piperazine rings is 1. The van der Waals surface area contributed by atoms with Gasteiger partial charge in [-0.3, -0.25) is 14.9 Å². The van der Waals surface area contributed by atoms with Crippen molar-refractivity contribution in [2.24, 2.45) is 5.92 Å². The Hall–Kier alpha value is -2.68. The van der Waals surface area contributed by atoms with E-state index < -0.39 is 10.7 Å². The van der Waals surface area contributed by atoms with Crippen LogP contribution in [0.15, 0.2) is 29.6 Å². The molecule has 0 atom stereocenters. The summed E-state index contributed by atoms with van der Waals surface area (Å²) in [5.41, 5.74) is 0.637. The molecule has 2 aliphatic rings. The van der Waals surface area contributed by atoms with Crippen LogP contribution in [0.3, 0.4) is 0 Å². The lowest BCUT2D eigenvalue weighted by atomic mass is 9.98. The number of carbonyl (C=O) groups is 1. The van der Waals surface area contributed by atoms with Crippen LogP contribution in [-0.4, -0.2) is 55.0 Å². The van der Waals surface area contributed by atoms with Gasteiger partial charge in [0.15, 0.2) is 5.82 Å². The van der Waals surface area contributed by atoms with Crippen molar-refractivity contribution in [2.45, 2.75) is 19.8 Å². The molecule has 0 unspecified atom stereocenters. The number of nitro benzene ring substituents is 1. The van der Waals surface area contributed by atoms with Gasteiger partial charge >= 0.3 is 0 Å². The number of halogens is 1. The number of nitro groups is 1. The predicted octanol–water partition coefficient (Wildman–Crippen LogP) is 3.99. The number of piperidine rings is 1. The third-order valence-corrected chi connectivity index (χ3v) is 6.86. The minimum atomic E-state index is -0.550. The summed E-state index contributed by atoms with van der Waals surface area (Å²) >= 11 is 1.41. The second-order valence-corrected chi connectivity index (χ2v) is 8.92. The SMILES string of the molecule is CC1CCN(c2cc(N3CCN(C(=O)c4cccs4)CC3)c([N+](=O)[O-])cc2F)CC1. The smallest absolute Gasteiger partial charge is 0.295 e. The fourth-order valence-corrected chi connectivity index (χ4v) is 4.83. The third kappa shape index (κ3) is 4.12. The van der Waals surface area contributed by atoms with Crippen molar-refractivity contribution in [1.82, 2.24) is 4.90 Å². The lowest BCUT2D eigenvalue weighted by Crippen LogP contribution is -2.48. The molecule has 0 saturated carbocycles. The molecule has 2 fully saturated rings. The molecule has 0 N–H and O–H groups in total. The predicted molar refractivity (Wildman–Crippen MR) is 116 cm³/mol. The van der Waals surface area contributed by atoms with Gasteiger partial charge in [-0.1, -0.05) is 13.0 Å². The molecule has 0 aliphatic carbocycles. The number of hydrogen-bond donors (Lipinski definition) is 0. The summed E-state index contributed by atoms with van der Waals surface area (Å²) in [6.45, 7) is 5.58. The minimum Gasteiger partial charge on any atom is -0.369 e. The van der Waals surface area contributed by atoms with Gasteiger partial charge in [0.25, 0.3) is 11.6 Å². The maximum atomic E-state index is 14.7. The van der Waals surface area contributed by atoms with Crippen molar-refractivity contribution in [2.75, 3.05) is 49.1 Å². The van der Waals surface area contributed by atoms with Gasteiger partial charge in [0.05, 0.1) is 21.6 Å². The zero-order valence-electron chi connectivity index (χ0n) is 16.9. The van der Waals surface area contributed by atoms with Gasteiger partial charge in [0.1, 0.15) is 5.69 Å². The highest BCUT2D eigenvalue weighted by Gasteiger charge is 2.30. The summed E-state index contributed by atoms with van der Waals surface area (Å²) in [7, 11) is 0. The Bertz CT molecular complexity index is 921. The number of anilines is 2. The Morgan fingerprint density at radius 3 is 2.37 bits per heavy atom. The Labute approximate surface area is 178 Å². The maximum absolute atomic E-state index is 14.7. The fourth-order valence-electron chi connectivity index (χ4n) is 4.14. The third-order valence-electron chi connectivity index (χ3n) is 6.00. The van der Waals surface area contributed by atoms with Gasteiger partial charge in [-0.2, -0.15) is 0 Å². The van der Waals surface area contributed by atoms with E-state index in [0.717, 1.165) is 32.0 Å². The van der Waals surface area contributed by atoms with E-state index >= 15 is 0 Å². The molecular formula is C21H25FN4O3S. The van der Waals surface area contributed by atoms with Crippen molar-refractivity contribution < 1.29 is 14.1 Å². The van der Waals surface area contributed by atoms with Gasteiger partial charge in [-0.15, -0.1) is 11.3 Å². The summed E-state index contributed by atoms with van der Waals surface area (Å²) in [5, 5.41) is 13.5. The highest BCUT2D eigenvalue weighted by molar-refractivity contribution is 7.12. The number of carbonyl (C=O) groups excluding carboxylic acids is 1. The highest BCUT2D eigenvalue weighted by atomic mass is 32.1. The van der Waals surface area contributed by atoms with Crippen molar-refractivity contribution >= 4 is 34.3 Å². The quantitative estimate of drug-likeness (QED) is 0.540. The first-order valence-electron chi connectivity index (χ1n) is 10.2. The topological polar surface area (TPSA) is 69.9 Å². The Morgan fingerprint density at radius 2 is 1.77 bits per heavy atom. The van der Waals surface area contributed by atoms with Crippen molar-refractivity contribution in [1.29, 1.82) is 0 Å². The molecule has 1 aromatic carbocycles. The molecule has 160 valence electrons. The van der Waals surface area contributed by atoms with Gasteiger partial charge < -0.3 is 14.7 Å². The number of benzene rings is 1. The van der Waals surface area contributed by atoms with E-state index in [-0.39, 0.29) is 11.6 Å². The average Bonchev–Trinajstić information content (AvgIpc) is 3.29. The number of nitrogens with zero attached hydrogens (tertiary/aromatic N) is 4. The molecule has 0 spiro atoms. The largest absolute Gasteiger partial charge is 0.369 e. The molecule has 3 heterocycles. The van der Waals surface area contributed by atoms with Crippen LogP contribution < -0.4 is 9.80 Å². The fraction of sp³-hybridized carbons (Fsp3) is 0.476. The Kier molecular flexibility index (Phi) is 5.90. The number of rotatable bonds is 4. The normalized spacial score (nSPS) is 18.0. The lowest BCUT2D eigenvalue weighted by Gasteiger charge is -2.37. The van der Waals surface area contributed by atoms with Crippen LogP contribution in [0.2, 0.25) is 0 Å². The van der Waals surface area contributed by atoms with Crippen molar-refractivity contribution in [3.8, 4) is 0 Å². The molecule has 2 aromatic rings. The van der Waals surface area contributed by atoms with Crippen LogP contribution in [0.5, 0.6) is 0 Å². The van der Waals surface area contributed by atoms with Crippen LogP contribution in [0.25, 0.3) is 0 Å². The van der Waals surface area contributed by atoms with E-state index in [9.17, 15) is 19.3 Å². The monoisotopic (exact) mass is 432 g/mol. The summed E-state index contributed by atoms with van der Waals surface area (Å²) in [6.07, 6.45) is 1.96. The molecule has 1 amide bonds. The van der Waals surface area contributed by atoms with E-state index in [1.807, 2.05) is 21.2 Å². The van der Waals surface area contributed by atoms with Crippen molar-refractivity contribution in [3.05, 3.63) is 50.5 Å². The van der Waals surface area contributed by atoms with E-state index in [4.69, 9.17) is 0 Å². The molecule has 30 heavy (non-hydrogen) atoms. The van der Waals surface area contributed by atoms with E-state index in [2.05, 4.69) is 6.92 Å². The second kappa shape index (κ2) is 8.59. The summed E-state index contributed by atoms with van der Waals surface area (Å²) in [4.78, 5) is 30.0. The molecule has 7 nitrogen and oxygen atoms in total. The highest BCUT2D eigenvalue weighted by Crippen LogP contribution is 2.37.